The summed E-state index contributed by atoms with van der Waals surface area (Å²) in [6.45, 7) is 8.45. The molecular formula is C15H23NO2. The Hall–Kier alpha value is -1.38. The lowest BCUT2D eigenvalue weighted by atomic mass is 9.94. The number of fused-ring (bicyclic) bond motifs is 1. The summed E-state index contributed by atoms with van der Waals surface area (Å²) in [5, 5.41) is 9.64. The number of nitrogens with zero attached hydrogens (tertiary/aromatic N) is 1. The predicted molar refractivity (Wildman–Crippen MR) is 74.6 cm³/mol. The lowest BCUT2D eigenvalue weighted by molar-refractivity contribution is 0.0574. The zero-order valence-electron chi connectivity index (χ0n) is 11.6. The maximum Gasteiger partial charge on any atom is 0.143 e. The van der Waals surface area contributed by atoms with Gasteiger partial charge in [-0.3, -0.25) is 0 Å². The molecule has 1 aliphatic heterocycles. The Morgan fingerprint density at radius 3 is 2.61 bits per heavy atom. The molecule has 0 atom stereocenters. The molecule has 3 nitrogen and oxygen atoms in total. The van der Waals surface area contributed by atoms with Crippen LogP contribution in [-0.2, 0) is 0 Å². The Kier molecular flexibility index (Phi) is 3.69. The lowest BCUT2D eigenvalue weighted by Gasteiger charge is -2.44. The van der Waals surface area contributed by atoms with Crippen LogP contribution in [0.15, 0.2) is 18.2 Å². The van der Waals surface area contributed by atoms with Crippen LogP contribution < -0.4 is 9.64 Å². The van der Waals surface area contributed by atoms with Crippen LogP contribution in [0.25, 0.3) is 0 Å². The summed E-state index contributed by atoms with van der Waals surface area (Å²) >= 11 is 0. The van der Waals surface area contributed by atoms with Gasteiger partial charge < -0.3 is 14.7 Å². The second kappa shape index (κ2) is 5.09. The second-order valence-electron chi connectivity index (χ2n) is 5.07. The molecule has 3 heteroatoms. The summed E-state index contributed by atoms with van der Waals surface area (Å²) in [6.07, 6.45) is 3.10. The predicted octanol–water partition coefficient (Wildman–Crippen LogP) is 3.56. The van der Waals surface area contributed by atoms with E-state index in [4.69, 9.17) is 4.74 Å². The first kappa shape index (κ1) is 13.1. The van der Waals surface area contributed by atoms with Crippen LogP contribution in [0.2, 0.25) is 0 Å². The first-order valence-corrected chi connectivity index (χ1v) is 6.91. The number of ether oxygens (including phenoxy) is 1. The molecule has 100 valence electrons. The summed E-state index contributed by atoms with van der Waals surface area (Å²) in [5.74, 6) is 1.20. The van der Waals surface area contributed by atoms with Crippen LogP contribution in [0.4, 0.5) is 5.69 Å². The maximum absolute atomic E-state index is 9.64. The largest absolute Gasteiger partial charge is 0.508 e. The van der Waals surface area contributed by atoms with Gasteiger partial charge in [0.05, 0.1) is 12.2 Å². The molecular weight excluding hydrogens is 226 g/mol. The molecule has 18 heavy (non-hydrogen) atoms. The number of phenolic OH excluding ortho intramolecular Hbond substituents is 1. The van der Waals surface area contributed by atoms with E-state index in [-0.39, 0.29) is 5.60 Å². The third-order valence-corrected chi connectivity index (χ3v) is 3.87. The summed E-state index contributed by atoms with van der Waals surface area (Å²) < 4.78 is 6.20. The lowest BCUT2D eigenvalue weighted by Crippen LogP contribution is -2.50. The molecule has 0 aromatic heterocycles. The van der Waals surface area contributed by atoms with Crippen molar-refractivity contribution >= 4 is 5.69 Å². The van der Waals surface area contributed by atoms with Gasteiger partial charge in [-0.1, -0.05) is 20.8 Å². The SMILES string of the molecule is CCCN1CC(CC)(CC)Oc2ccc(O)cc21. The Balaban J connectivity index is 2.39. The minimum absolute atomic E-state index is 0.0842. The second-order valence-corrected chi connectivity index (χ2v) is 5.07. The van der Waals surface area contributed by atoms with Crippen LogP contribution in [-0.4, -0.2) is 23.8 Å². The Labute approximate surface area is 109 Å². The van der Waals surface area contributed by atoms with Crippen molar-refractivity contribution in [1.82, 2.24) is 0 Å². The first-order valence-electron chi connectivity index (χ1n) is 6.91. The molecule has 0 unspecified atom stereocenters. The Bertz CT molecular complexity index is 413. The zero-order chi connectivity index (χ0) is 13.2. The number of rotatable bonds is 4. The van der Waals surface area contributed by atoms with E-state index in [1.165, 1.54) is 0 Å². The normalized spacial score (nSPS) is 17.2. The van der Waals surface area contributed by atoms with Gasteiger partial charge >= 0.3 is 0 Å². The van der Waals surface area contributed by atoms with Crippen molar-refractivity contribution in [2.75, 3.05) is 18.0 Å². The van der Waals surface area contributed by atoms with Crippen LogP contribution in [0.5, 0.6) is 11.5 Å². The van der Waals surface area contributed by atoms with E-state index in [9.17, 15) is 5.11 Å². The first-order chi connectivity index (χ1) is 8.64. The molecule has 1 aromatic rings. The number of hydrogen-bond acceptors (Lipinski definition) is 3. The zero-order valence-corrected chi connectivity index (χ0v) is 11.6. The van der Waals surface area contributed by atoms with E-state index >= 15 is 0 Å². The van der Waals surface area contributed by atoms with E-state index in [2.05, 4.69) is 25.7 Å². The fraction of sp³-hybridized carbons (Fsp3) is 0.600. The average molecular weight is 249 g/mol. The highest BCUT2D eigenvalue weighted by Crippen LogP contribution is 2.41. The van der Waals surface area contributed by atoms with Crippen molar-refractivity contribution in [3.05, 3.63) is 18.2 Å². The number of benzene rings is 1. The number of hydrogen-bond donors (Lipinski definition) is 1. The maximum atomic E-state index is 9.64. The minimum Gasteiger partial charge on any atom is -0.508 e. The molecule has 1 N–H and O–H groups in total. The third-order valence-electron chi connectivity index (χ3n) is 3.87. The molecule has 2 rings (SSSR count). The highest BCUT2D eigenvalue weighted by Gasteiger charge is 2.36. The van der Waals surface area contributed by atoms with Gasteiger partial charge in [0.25, 0.3) is 0 Å². The van der Waals surface area contributed by atoms with Crippen LogP contribution >= 0.6 is 0 Å². The highest BCUT2D eigenvalue weighted by molar-refractivity contribution is 5.63. The molecule has 0 spiro atoms. The summed E-state index contributed by atoms with van der Waals surface area (Å²) in [4.78, 5) is 2.34. The van der Waals surface area contributed by atoms with Crippen LogP contribution in [0.3, 0.4) is 0 Å². The number of aromatic hydroxyl groups is 1. The van der Waals surface area contributed by atoms with Gasteiger partial charge in [-0.2, -0.15) is 0 Å². The molecule has 1 heterocycles. The van der Waals surface area contributed by atoms with Gasteiger partial charge in [0, 0.05) is 12.6 Å². The molecule has 0 saturated heterocycles. The van der Waals surface area contributed by atoms with Crippen molar-refractivity contribution in [2.45, 2.75) is 45.6 Å². The fourth-order valence-electron chi connectivity index (χ4n) is 2.63. The van der Waals surface area contributed by atoms with E-state index in [0.717, 1.165) is 43.8 Å². The van der Waals surface area contributed by atoms with Gasteiger partial charge in [0.1, 0.15) is 17.1 Å². The molecule has 0 fully saturated rings. The highest BCUT2D eigenvalue weighted by atomic mass is 16.5. The summed E-state index contributed by atoms with van der Waals surface area (Å²) in [7, 11) is 0. The third kappa shape index (κ3) is 2.26. The summed E-state index contributed by atoms with van der Waals surface area (Å²) in [5.41, 5.74) is 0.938. The number of phenols is 1. The van der Waals surface area contributed by atoms with E-state index in [1.54, 1.807) is 12.1 Å². The average Bonchev–Trinajstić information content (AvgIpc) is 2.39. The van der Waals surface area contributed by atoms with Crippen LogP contribution in [0, 0.1) is 0 Å². The van der Waals surface area contributed by atoms with Gasteiger partial charge in [0.2, 0.25) is 0 Å². The van der Waals surface area contributed by atoms with Gasteiger partial charge in [0.15, 0.2) is 0 Å². The van der Waals surface area contributed by atoms with Gasteiger partial charge in [-0.05, 0) is 31.4 Å². The van der Waals surface area contributed by atoms with Crippen LogP contribution in [0.1, 0.15) is 40.0 Å². The van der Waals surface area contributed by atoms with Crippen molar-refractivity contribution in [2.24, 2.45) is 0 Å². The standard InChI is InChI=1S/C15H23NO2/c1-4-9-16-11-15(5-2,6-3)18-14-8-7-12(17)10-13(14)16/h7-8,10,17H,4-6,9,11H2,1-3H3. The van der Waals surface area contributed by atoms with Crippen molar-refractivity contribution in [3.8, 4) is 11.5 Å². The molecule has 0 aliphatic carbocycles. The molecule has 1 aliphatic rings. The number of anilines is 1. The molecule has 0 saturated carbocycles. The van der Waals surface area contributed by atoms with E-state index < -0.39 is 0 Å². The van der Waals surface area contributed by atoms with E-state index in [0.29, 0.717) is 5.75 Å². The quantitative estimate of drug-likeness (QED) is 0.885. The van der Waals surface area contributed by atoms with Gasteiger partial charge in [-0.25, -0.2) is 0 Å². The summed E-state index contributed by atoms with van der Waals surface area (Å²) in [6, 6.07) is 5.39. The van der Waals surface area contributed by atoms with Crippen molar-refractivity contribution in [3.63, 3.8) is 0 Å². The Morgan fingerprint density at radius 2 is 2.00 bits per heavy atom. The smallest absolute Gasteiger partial charge is 0.143 e. The monoisotopic (exact) mass is 249 g/mol. The van der Waals surface area contributed by atoms with Crippen molar-refractivity contribution in [1.29, 1.82) is 0 Å². The van der Waals surface area contributed by atoms with E-state index in [1.807, 2.05) is 6.07 Å². The molecule has 0 amide bonds. The topological polar surface area (TPSA) is 32.7 Å². The Morgan fingerprint density at radius 1 is 1.28 bits per heavy atom. The van der Waals surface area contributed by atoms with Crippen molar-refractivity contribution < 1.29 is 9.84 Å². The minimum atomic E-state index is -0.0842. The fourth-order valence-corrected chi connectivity index (χ4v) is 2.63. The molecule has 0 radical (unpaired) electrons. The molecule has 1 aromatic carbocycles. The van der Waals surface area contributed by atoms with Gasteiger partial charge in [-0.15, -0.1) is 0 Å². The molecule has 0 bridgehead atoms.